The molecule has 4 unspecified atom stereocenters. The summed E-state index contributed by atoms with van der Waals surface area (Å²) in [7, 11) is 0. The molecule has 0 aromatic carbocycles. The van der Waals surface area contributed by atoms with Crippen LogP contribution in [0.4, 0.5) is 0 Å². The average molecular weight is 139 g/mol. The number of fused-ring (bicyclic) bond motifs is 2. The first-order valence-electron chi connectivity index (χ1n) is 4.51. The molecule has 2 aliphatic heterocycles. The minimum atomic E-state index is 0.899. The third-order valence-electron chi connectivity index (χ3n) is 3.30. The van der Waals surface area contributed by atoms with Crippen molar-refractivity contribution in [1.82, 2.24) is 4.90 Å². The second kappa shape index (κ2) is 2.23. The predicted molar refractivity (Wildman–Crippen MR) is 42.9 cm³/mol. The zero-order chi connectivity index (χ0) is 7.14. The molecule has 58 valence electrons. The van der Waals surface area contributed by atoms with Crippen molar-refractivity contribution < 1.29 is 0 Å². The van der Waals surface area contributed by atoms with Crippen LogP contribution in [0.15, 0.2) is 0 Å². The number of hydrogen-bond acceptors (Lipinski definition) is 1. The minimum Gasteiger partial charge on any atom is -0.300 e. The molecular formula is C9H17N. The van der Waals surface area contributed by atoms with Gasteiger partial charge < -0.3 is 4.90 Å². The lowest BCUT2D eigenvalue weighted by Crippen LogP contribution is -2.39. The smallest absolute Gasteiger partial charge is 0.00958 e. The molecule has 1 nitrogen and oxygen atoms in total. The summed E-state index contributed by atoms with van der Waals surface area (Å²) in [5.41, 5.74) is 0. The Morgan fingerprint density at radius 1 is 1.30 bits per heavy atom. The molecule has 2 heterocycles. The minimum absolute atomic E-state index is 0.899. The van der Waals surface area contributed by atoms with E-state index in [0.29, 0.717) is 0 Å². The summed E-state index contributed by atoms with van der Waals surface area (Å²) in [6, 6.07) is 0.899. The first kappa shape index (κ1) is 6.66. The van der Waals surface area contributed by atoms with E-state index >= 15 is 0 Å². The van der Waals surface area contributed by atoms with Crippen molar-refractivity contribution >= 4 is 0 Å². The lowest BCUT2D eigenvalue weighted by molar-refractivity contribution is 0.148. The summed E-state index contributed by atoms with van der Waals surface area (Å²) >= 11 is 0. The van der Waals surface area contributed by atoms with Crippen molar-refractivity contribution in [2.75, 3.05) is 13.1 Å². The monoisotopic (exact) mass is 139 g/mol. The average Bonchev–Trinajstić information content (AvgIpc) is 2.20. The van der Waals surface area contributed by atoms with Gasteiger partial charge in [-0.1, -0.05) is 6.92 Å². The van der Waals surface area contributed by atoms with Crippen LogP contribution in [0.25, 0.3) is 0 Å². The van der Waals surface area contributed by atoms with E-state index < -0.39 is 0 Å². The molecule has 2 rings (SSSR count). The van der Waals surface area contributed by atoms with Crippen molar-refractivity contribution in [3.05, 3.63) is 0 Å². The quantitative estimate of drug-likeness (QED) is 0.494. The molecule has 0 N–H and O–H groups in total. The van der Waals surface area contributed by atoms with Crippen LogP contribution in [-0.4, -0.2) is 24.0 Å². The van der Waals surface area contributed by atoms with Crippen LogP contribution in [0.5, 0.6) is 0 Å². The number of hydrogen-bond donors (Lipinski definition) is 0. The lowest BCUT2D eigenvalue weighted by atomic mass is 9.87. The first-order chi connectivity index (χ1) is 4.77. The second-order valence-corrected chi connectivity index (χ2v) is 4.13. The molecular weight excluding hydrogens is 122 g/mol. The Kier molecular flexibility index (Phi) is 1.48. The Hall–Kier alpha value is -0.0400. The van der Waals surface area contributed by atoms with Crippen LogP contribution in [0, 0.1) is 11.8 Å². The second-order valence-electron chi connectivity index (χ2n) is 4.13. The lowest BCUT2D eigenvalue weighted by Gasteiger charge is -2.33. The van der Waals surface area contributed by atoms with Gasteiger partial charge in [-0.05, 0) is 38.1 Å². The van der Waals surface area contributed by atoms with Gasteiger partial charge in [0.2, 0.25) is 0 Å². The van der Waals surface area contributed by atoms with Gasteiger partial charge in [0.05, 0.1) is 0 Å². The van der Waals surface area contributed by atoms with Gasteiger partial charge in [0.1, 0.15) is 0 Å². The molecule has 1 heteroatoms. The molecule has 0 aromatic heterocycles. The van der Waals surface area contributed by atoms with Crippen LogP contribution in [0.2, 0.25) is 0 Å². The highest BCUT2D eigenvalue weighted by Gasteiger charge is 2.36. The Labute approximate surface area is 63.4 Å². The van der Waals surface area contributed by atoms with E-state index in [1.807, 2.05) is 0 Å². The third-order valence-corrected chi connectivity index (χ3v) is 3.30. The molecule has 0 spiro atoms. The molecule has 0 aliphatic carbocycles. The van der Waals surface area contributed by atoms with Crippen molar-refractivity contribution in [2.24, 2.45) is 11.8 Å². The maximum atomic E-state index is 2.65. The summed E-state index contributed by atoms with van der Waals surface area (Å²) in [5.74, 6) is 1.99. The van der Waals surface area contributed by atoms with Gasteiger partial charge in [0.25, 0.3) is 0 Å². The highest BCUT2D eigenvalue weighted by atomic mass is 15.2. The van der Waals surface area contributed by atoms with Crippen molar-refractivity contribution in [3.8, 4) is 0 Å². The van der Waals surface area contributed by atoms with Gasteiger partial charge in [-0.25, -0.2) is 0 Å². The van der Waals surface area contributed by atoms with E-state index in [4.69, 9.17) is 0 Å². The molecule has 4 atom stereocenters. The summed E-state index contributed by atoms with van der Waals surface area (Å²) in [6.45, 7) is 7.51. The molecule has 0 saturated carbocycles. The van der Waals surface area contributed by atoms with Crippen LogP contribution in [0.1, 0.15) is 26.7 Å². The first-order valence-corrected chi connectivity index (χ1v) is 4.51. The summed E-state index contributed by atoms with van der Waals surface area (Å²) in [5, 5.41) is 0. The fraction of sp³-hybridized carbons (Fsp3) is 1.00. The number of piperidine rings is 1. The molecule has 0 radical (unpaired) electrons. The van der Waals surface area contributed by atoms with E-state index in [1.54, 1.807) is 0 Å². The van der Waals surface area contributed by atoms with Gasteiger partial charge in [0, 0.05) is 12.6 Å². The van der Waals surface area contributed by atoms with Crippen LogP contribution in [0.3, 0.4) is 0 Å². The summed E-state index contributed by atoms with van der Waals surface area (Å²) in [6.07, 6.45) is 2.95. The Morgan fingerprint density at radius 2 is 2.10 bits per heavy atom. The Balaban J connectivity index is 2.09. The van der Waals surface area contributed by atoms with Gasteiger partial charge in [-0.3, -0.25) is 0 Å². The molecule has 2 saturated heterocycles. The SMILES string of the molecule is CC1CC2CCN(C1)C2C. The van der Waals surface area contributed by atoms with Crippen LogP contribution < -0.4 is 0 Å². The van der Waals surface area contributed by atoms with E-state index in [-0.39, 0.29) is 0 Å². The number of nitrogens with zero attached hydrogens (tertiary/aromatic N) is 1. The van der Waals surface area contributed by atoms with Gasteiger partial charge in [-0.15, -0.1) is 0 Å². The Morgan fingerprint density at radius 3 is 2.80 bits per heavy atom. The van der Waals surface area contributed by atoms with Gasteiger partial charge in [-0.2, -0.15) is 0 Å². The molecule has 2 aliphatic rings. The van der Waals surface area contributed by atoms with Gasteiger partial charge in [0.15, 0.2) is 0 Å². The molecule has 2 fully saturated rings. The van der Waals surface area contributed by atoms with Crippen molar-refractivity contribution in [2.45, 2.75) is 32.7 Å². The largest absolute Gasteiger partial charge is 0.300 e. The zero-order valence-corrected chi connectivity index (χ0v) is 7.01. The van der Waals surface area contributed by atoms with Crippen LogP contribution >= 0.6 is 0 Å². The van der Waals surface area contributed by atoms with E-state index in [0.717, 1.165) is 17.9 Å². The van der Waals surface area contributed by atoms with E-state index in [9.17, 15) is 0 Å². The highest BCUT2D eigenvalue weighted by molar-refractivity contribution is 4.90. The van der Waals surface area contributed by atoms with Gasteiger partial charge >= 0.3 is 0 Å². The molecule has 10 heavy (non-hydrogen) atoms. The fourth-order valence-corrected chi connectivity index (χ4v) is 2.64. The van der Waals surface area contributed by atoms with Crippen molar-refractivity contribution in [3.63, 3.8) is 0 Å². The molecule has 0 aromatic rings. The number of rotatable bonds is 0. The maximum absolute atomic E-state index is 2.65. The topological polar surface area (TPSA) is 3.24 Å². The summed E-state index contributed by atoms with van der Waals surface area (Å²) < 4.78 is 0. The zero-order valence-electron chi connectivity index (χ0n) is 7.01. The molecule has 2 bridgehead atoms. The van der Waals surface area contributed by atoms with Crippen LogP contribution in [-0.2, 0) is 0 Å². The van der Waals surface area contributed by atoms with Crippen molar-refractivity contribution in [1.29, 1.82) is 0 Å². The third kappa shape index (κ3) is 0.878. The highest BCUT2D eigenvalue weighted by Crippen LogP contribution is 2.35. The predicted octanol–water partition coefficient (Wildman–Crippen LogP) is 1.74. The summed E-state index contributed by atoms with van der Waals surface area (Å²) in [4.78, 5) is 2.65. The standard InChI is InChI=1S/C9H17N/c1-7-5-9-3-4-10(6-7)8(9)2/h7-9H,3-6H2,1-2H3. The Bertz CT molecular complexity index is 119. The fourth-order valence-electron chi connectivity index (χ4n) is 2.64. The van der Waals surface area contributed by atoms with E-state index in [2.05, 4.69) is 18.7 Å². The normalized spacial score (nSPS) is 53.4. The molecule has 0 amide bonds. The maximum Gasteiger partial charge on any atom is 0.00958 e. The van der Waals surface area contributed by atoms with E-state index in [1.165, 1.54) is 25.9 Å².